The van der Waals surface area contributed by atoms with Crippen LogP contribution in [0.3, 0.4) is 0 Å². The van der Waals surface area contributed by atoms with Crippen molar-refractivity contribution in [3.8, 4) is 0 Å². The van der Waals surface area contributed by atoms with Gasteiger partial charge in [-0.1, -0.05) is 30.7 Å². The molecular weight excluding hydrogens is 430 g/mol. The molecule has 7 heteroatoms. The minimum Gasteiger partial charge on any atom is -0.459 e. The number of thiophene rings is 1. The Morgan fingerprint density at radius 2 is 2.00 bits per heavy atom. The summed E-state index contributed by atoms with van der Waals surface area (Å²) in [6.45, 7) is 4.12. The molecule has 0 aliphatic heterocycles. The Balaban J connectivity index is 1.75. The third-order valence-electron chi connectivity index (χ3n) is 4.85. The number of furan rings is 1. The number of nitrogens with zero attached hydrogens (tertiary/aromatic N) is 1. The molecule has 4 rings (SSSR count). The number of anilines is 2. The molecule has 0 fully saturated rings. The summed E-state index contributed by atoms with van der Waals surface area (Å²) in [5.74, 6) is 0.751. The van der Waals surface area contributed by atoms with Crippen LogP contribution in [-0.4, -0.2) is 10.9 Å². The molecule has 0 radical (unpaired) electrons. The molecule has 5 nitrogen and oxygen atoms in total. The Labute approximate surface area is 190 Å². The van der Waals surface area contributed by atoms with E-state index in [9.17, 15) is 4.79 Å². The summed E-state index contributed by atoms with van der Waals surface area (Å²) in [5, 5.41) is 8.01. The average Bonchev–Trinajstić information content (AvgIpc) is 3.43. The number of rotatable bonds is 7. The van der Waals surface area contributed by atoms with Crippen LogP contribution in [-0.2, 0) is 6.42 Å². The molecule has 0 bridgehead atoms. The third kappa shape index (κ3) is 4.98. The fraction of sp³-hybridized carbons (Fsp3) is 0.167. The van der Waals surface area contributed by atoms with E-state index < -0.39 is 0 Å². The van der Waals surface area contributed by atoms with Crippen LogP contribution in [0.2, 0.25) is 5.02 Å². The Kier molecular flexibility index (Phi) is 6.39. The first-order chi connectivity index (χ1) is 15.0. The van der Waals surface area contributed by atoms with Gasteiger partial charge in [0.1, 0.15) is 10.8 Å². The second-order valence-corrected chi connectivity index (χ2v) is 8.70. The smallest absolute Gasteiger partial charge is 0.291 e. The van der Waals surface area contributed by atoms with Gasteiger partial charge in [-0.15, -0.1) is 11.3 Å². The van der Waals surface area contributed by atoms with Crippen molar-refractivity contribution in [2.75, 3.05) is 10.6 Å². The molecule has 2 N–H and O–H groups in total. The van der Waals surface area contributed by atoms with Gasteiger partial charge in [-0.25, -0.2) is 4.98 Å². The second kappa shape index (κ2) is 9.37. The van der Waals surface area contributed by atoms with Gasteiger partial charge in [0.15, 0.2) is 5.76 Å². The third-order valence-corrected chi connectivity index (χ3v) is 6.32. The lowest BCUT2D eigenvalue weighted by molar-refractivity contribution is 0.0997. The van der Waals surface area contributed by atoms with Gasteiger partial charge in [0.05, 0.1) is 12.3 Å². The number of carbonyl (C=O) groups excluding carboxylic acids is 1. The summed E-state index contributed by atoms with van der Waals surface area (Å²) in [4.78, 5) is 18.3. The zero-order chi connectivity index (χ0) is 21.8. The van der Waals surface area contributed by atoms with Crippen molar-refractivity contribution < 1.29 is 9.21 Å². The van der Waals surface area contributed by atoms with E-state index >= 15 is 0 Å². The Morgan fingerprint density at radius 1 is 1.19 bits per heavy atom. The number of carbonyl (C=O) groups is 1. The van der Waals surface area contributed by atoms with Gasteiger partial charge in [0, 0.05) is 21.7 Å². The molecule has 0 saturated carbocycles. The maximum absolute atomic E-state index is 12.7. The lowest BCUT2D eigenvalue weighted by atomic mass is 9.99. The number of amides is 1. The molecule has 1 atom stereocenters. The number of nitrogens with one attached hydrogen (secondary N) is 2. The number of aryl methyl sites for hydroxylation is 2. The van der Waals surface area contributed by atoms with Crippen molar-refractivity contribution >= 4 is 39.7 Å². The maximum Gasteiger partial charge on any atom is 0.291 e. The Bertz CT molecular complexity index is 1170. The number of halogens is 1. The molecule has 158 valence electrons. The molecule has 0 aliphatic rings. The molecule has 0 aliphatic carbocycles. The van der Waals surface area contributed by atoms with Crippen molar-refractivity contribution in [2.24, 2.45) is 0 Å². The zero-order valence-electron chi connectivity index (χ0n) is 17.2. The predicted molar refractivity (Wildman–Crippen MR) is 126 cm³/mol. The monoisotopic (exact) mass is 451 g/mol. The van der Waals surface area contributed by atoms with Crippen LogP contribution in [0.25, 0.3) is 0 Å². The fourth-order valence-electron chi connectivity index (χ4n) is 3.28. The molecule has 4 aromatic rings. The van der Waals surface area contributed by atoms with Gasteiger partial charge in [0.25, 0.3) is 5.91 Å². The summed E-state index contributed by atoms with van der Waals surface area (Å²) < 4.78 is 5.26. The normalized spacial score (nSPS) is 11.8. The van der Waals surface area contributed by atoms with E-state index in [-0.39, 0.29) is 17.7 Å². The molecule has 0 spiro atoms. The zero-order valence-corrected chi connectivity index (χ0v) is 18.8. The molecular formula is C24H22ClN3O2S. The lowest BCUT2D eigenvalue weighted by Crippen LogP contribution is -2.17. The van der Waals surface area contributed by atoms with E-state index in [1.165, 1.54) is 11.1 Å². The van der Waals surface area contributed by atoms with E-state index in [4.69, 9.17) is 16.0 Å². The number of benzene rings is 1. The van der Waals surface area contributed by atoms with Crippen molar-refractivity contribution in [3.63, 3.8) is 0 Å². The Morgan fingerprint density at radius 3 is 2.68 bits per heavy atom. The molecule has 3 aromatic heterocycles. The highest BCUT2D eigenvalue weighted by Gasteiger charge is 2.23. The van der Waals surface area contributed by atoms with E-state index in [1.54, 1.807) is 29.7 Å². The van der Waals surface area contributed by atoms with Gasteiger partial charge < -0.3 is 15.1 Å². The van der Waals surface area contributed by atoms with Gasteiger partial charge in [0.2, 0.25) is 0 Å². The fourth-order valence-corrected chi connectivity index (χ4v) is 4.43. The highest BCUT2D eigenvalue weighted by molar-refractivity contribution is 7.16. The van der Waals surface area contributed by atoms with E-state index in [0.717, 1.165) is 33.9 Å². The van der Waals surface area contributed by atoms with E-state index in [2.05, 4.69) is 28.6 Å². The highest BCUT2D eigenvalue weighted by atomic mass is 35.5. The standard InChI is InChI=1S/C24H22ClN3O2S/c1-3-18-14-19(24(31-18)28-23(29)20-5-4-12-30-20)22(16-6-8-17(25)9-7-16)27-21-13-15(2)10-11-26-21/h4-14,22H,3H2,1-2H3,(H,26,27)(H,28,29). The molecule has 3 heterocycles. The first kappa shape index (κ1) is 21.2. The Hall–Kier alpha value is -3.09. The van der Waals surface area contributed by atoms with Gasteiger partial charge in [-0.05, 0) is 66.9 Å². The number of aromatic nitrogens is 1. The van der Waals surface area contributed by atoms with Crippen LogP contribution in [0, 0.1) is 6.92 Å². The SMILES string of the molecule is CCc1cc(C(Nc2cc(C)ccn2)c2ccc(Cl)cc2)c(NC(=O)c2ccco2)s1. The van der Waals surface area contributed by atoms with Crippen molar-refractivity contribution in [2.45, 2.75) is 26.3 Å². The number of hydrogen-bond acceptors (Lipinski definition) is 5. The minimum atomic E-state index is -0.278. The summed E-state index contributed by atoms with van der Waals surface area (Å²) >= 11 is 7.69. The maximum atomic E-state index is 12.7. The summed E-state index contributed by atoms with van der Waals surface area (Å²) in [5.41, 5.74) is 3.09. The average molecular weight is 452 g/mol. The van der Waals surface area contributed by atoms with Crippen LogP contribution >= 0.6 is 22.9 Å². The molecule has 1 amide bonds. The summed E-state index contributed by atoms with van der Waals surface area (Å²) in [6.07, 6.45) is 4.13. The number of pyridine rings is 1. The van der Waals surface area contributed by atoms with Crippen molar-refractivity contribution in [1.29, 1.82) is 0 Å². The van der Waals surface area contributed by atoms with Gasteiger partial charge in [-0.3, -0.25) is 4.79 Å². The van der Waals surface area contributed by atoms with Crippen molar-refractivity contribution in [3.05, 3.63) is 99.4 Å². The first-order valence-electron chi connectivity index (χ1n) is 9.95. The topological polar surface area (TPSA) is 67.2 Å². The van der Waals surface area contributed by atoms with E-state index in [0.29, 0.717) is 5.02 Å². The second-order valence-electron chi connectivity index (χ2n) is 7.13. The predicted octanol–water partition coefficient (Wildman–Crippen LogP) is 6.71. The quantitative estimate of drug-likeness (QED) is 0.327. The minimum absolute atomic E-state index is 0.227. The van der Waals surface area contributed by atoms with Crippen molar-refractivity contribution in [1.82, 2.24) is 4.98 Å². The first-order valence-corrected chi connectivity index (χ1v) is 11.1. The van der Waals surface area contributed by atoms with Crippen LogP contribution < -0.4 is 10.6 Å². The van der Waals surface area contributed by atoms with Crippen LogP contribution in [0.5, 0.6) is 0 Å². The highest BCUT2D eigenvalue weighted by Crippen LogP contribution is 2.38. The van der Waals surface area contributed by atoms with Gasteiger partial charge in [-0.2, -0.15) is 0 Å². The van der Waals surface area contributed by atoms with Crippen LogP contribution in [0.1, 0.15) is 45.1 Å². The summed E-state index contributed by atoms with van der Waals surface area (Å²) in [7, 11) is 0. The van der Waals surface area contributed by atoms with E-state index in [1.807, 2.05) is 43.3 Å². The lowest BCUT2D eigenvalue weighted by Gasteiger charge is -2.21. The van der Waals surface area contributed by atoms with Crippen LogP contribution in [0.4, 0.5) is 10.8 Å². The summed E-state index contributed by atoms with van der Waals surface area (Å²) in [6, 6.07) is 16.9. The molecule has 0 saturated heterocycles. The largest absolute Gasteiger partial charge is 0.459 e. The molecule has 1 unspecified atom stereocenters. The number of hydrogen-bond donors (Lipinski definition) is 2. The molecule has 31 heavy (non-hydrogen) atoms. The molecule has 1 aromatic carbocycles. The van der Waals surface area contributed by atoms with Crippen LogP contribution in [0.15, 0.2) is 71.5 Å². The van der Waals surface area contributed by atoms with Gasteiger partial charge >= 0.3 is 0 Å².